The smallest absolute Gasteiger partial charge is 0.255 e. The Kier molecular flexibility index (Phi) is 8.42. The first-order valence-corrected chi connectivity index (χ1v) is 8.95. The van der Waals surface area contributed by atoms with Crippen molar-refractivity contribution < 1.29 is 9.53 Å². The molecule has 1 aliphatic heterocycles. The normalized spacial score (nSPS) is 18.8. The van der Waals surface area contributed by atoms with Crippen LogP contribution in [0.2, 0.25) is 0 Å². The average Bonchev–Trinajstić information content (AvgIpc) is 2.96. The molecule has 1 aromatic heterocycles. The number of nitrogens with zero attached hydrogens (tertiary/aromatic N) is 2. The highest BCUT2D eigenvalue weighted by molar-refractivity contribution is 7.11. The van der Waals surface area contributed by atoms with E-state index in [4.69, 9.17) is 9.72 Å². The van der Waals surface area contributed by atoms with Crippen LogP contribution in [0.25, 0.3) is 0 Å². The molecule has 1 aromatic rings. The van der Waals surface area contributed by atoms with Crippen LogP contribution in [0.15, 0.2) is 0 Å². The number of methoxy groups -OCH3 is 1. The average molecular weight is 396 g/mol. The molecule has 24 heavy (non-hydrogen) atoms. The van der Waals surface area contributed by atoms with E-state index < -0.39 is 5.60 Å². The molecule has 138 valence electrons. The Morgan fingerprint density at radius 1 is 1.29 bits per heavy atom. The first kappa shape index (κ1) is 21.6. The van der Waals surface area contributed by atoms with Crippen LogP contribution < -0.4 is 5.32 Å². The van der Waals surface area contributed by atoms with Crippen LogP contribution in [-0.2, 0) is 28.9 Å². The van der Waals surface area contributed by atoms with Crippen molar-refractivity contribution in [3.8, 4) is 0 Å². The lowest BCUT2D eigenvalue weighted by molar-refractivity contribution is -0.157. The standard InChI is InChI=1S/C16H25N3O2S.2ClH/c1-19(15(20)16(21-2)7-9-17-10-8-16)11-14-18-12-5-3-4-6-13(12)22-14;;/h17H,3-11H2,1-2H3;2*1H. The summed E-state index contributed by atoms with van der Waals surface area (Å²) >= 11 is 1.78. The molecule has 0 radical (unpaired) electrons. The van der Waals surface area contributed by atoms with E-state index in [0.717, 1.165) is 43.8 Å². The number of carbonyl (C=O) groups excluding carboxylic acids is 1. The summed E-state index contributed by atoms with van der Waals surface area (Å²) < 4.78 is 5.63. The summed E-state index contributed by atoms with van der Waals surface area (Å²) in [6.45, 7) is 2.26. The Labute approximate surface area is 160 Å². The van der Waals surface area contributed by atoms with E-state index in [2.05, 4.69) is 5.32 Å². The van der Waals surface area contributed by atoms with Gasteiger partial charge in [0.1, 0.15) is 10.6 Å². The van der Waals surface area contributed by atoms with E-state index in [-0.39, 0.29) is 30.7 Å². The fourth-order valence-electron chi connectivity index (χ4n) is 3.43. The maximum absolute atomic E-state index is 12.8. The largest absolute Gasteiger partial charge is 0.368 e. The van der Waals surface area contributed by atoms with E-state index in [9.17, 15) is 4.79 Å². The van der Waals surface area contributed by atoms with Gasteiger partial charge < -0.3 is 15.0 Å². The molecule has 0 atom stereocenters. The van der Waals surface area contributed by atoms with E-state index in [1.165, 1.54) is 23.4 Å². The number of aryl methyl sites for hydroxylation is 2. The minimum absolute atomic E-state index is 0. The Hall–Kier alpha value is -0.400. The molecule has 1 saturated heterocycles. The van der Waals surface area contributed by atoms with Crippen molar-refractivity contribution in [2.75, 3.05) is 27.2 Å². The number of aromatic nitrogens is 1. The molecule has 0 spiro atoms. The molecule has 0 saturated carbocycles. The van der Waals surface area contributed by atoms with Crippen LogP contribution in [0.4, 0.5) is 0 Å². The van der Waals surface area contributed by atoms with E-state index in [1.54, 1.807) is 23.3 Å². The molecule has 0 aromatic carbocycles. The maximum Gasteiger partial charge on any atom is 0.255 e. The number of hydrogen-bond acceptors (Lipinski definition) is 5. The lowest BCUT2D eigenvalue weighted by Gasteiger charge is -2.37. The maximum atomic E-state index is 12.8. The third-order valence-corrected chi connectivity index (χ3v) is 5.94. The van der Waals surface area contributed by atoms with Gasteiger partial charge in [-0.2, -0.15) is 0 Å². The quantitative estimate of drug-likeness (QED) is 0.850. The van der Waals surface area contributed by atoms with Crippen LogP contribution in [0.3, 0.4) is 0 Å². The lowest BCUT2D eigenvalue weighted by Crippen LogP contribution is -2.54. The van der Waals surface area contributed by atoms with Crippen LogP contribution in [0, 0.1) is 0 Å². The molecule has 1 N–H and O–H groups in total. The third-order valence-electron chi connectivity index (χ3n) is 4.80. The summed E-state index contributed by atoms with van der Waals surface area (Å²) in [5.41, 5.74) is 0.604. The van der Waals surface area contributed by atoms with Gasteiger partial charge in [-0.15, -0.1) is 36.2 Å². The third kappa shape index (κ3) is 4.41. The van der Waals surface area contributed by atoms with Crippen molar-refractivity contribution in [2.45, 2.75) is 50.7 Å². The van der Waals surface area contributed by atoms with Crippen LogP contribution in [-0.4, -0.2) is 48.6 Å². The molecule has 0 bridgehead atoms. The van der Waals surface area contributed by atoms with Gasteiger partial charge in [-0.05, 0) is 51.6 Å². The molecular weight excluding hydrogens is 369 g/mol. The first-order chi connectivity index (χ1) is 10.6. The number of likely N-dealkylation sites (N-methyl/N-ethyl adjacent to an activating group) is 1. The lowest BCUT2D eigenvalue weighted by atomic mass is 9.90. The van der Waals surface area contributed by atoms with Gasteiger partial charge in [0, 0.05) is 19.0 Å². The molecule has 1 fully saturated rings. The highest BCUT2D eigenvalue weighted by Gasteiger charge is 2.41. The van der Waals surface area contributed by atoms with Gasteiger partial charge in [-0.3, -0.25) is 4.79 Å². The van der Waals surface area contributed by atoms with Gasteiger partial charge in [0.25, 0.3) is 5.91 Å². The Balaban J connectivity index is 0.00000144. The summed E-state index contributed by atoms with van der Waals surface area (Å²) in [6.07, 6.45) is 6.23. The highest BCUT2D eigenvalue weighted by Crippen LogP contribution is 2.29. The first-order valence-electron chi connectivity index (χ1n) is 8.13. The van der Waals surface area contributed by atoms with Gasteiger partial charge in [0.2, 0.25) is 0 Å². The molecule has 3 rings (SSSR count). The predicted molar refractivity (Wildman–Crippen MR) is 102 cm³/mol. The minimum atomic E-state index is -0.656. The summed E-state index contributed by atoms with van der Waals surface area (Å²) in [6, 6.07) is 0. The zero-order valence-corrected chi connectivity index (χ0v) is 16.7. The van der Waals surface area contributed by atoms with Gasteiger partial charge >= 0.3 is 0 Å². The van der Waals surface area contributed by atoms with Crippen molar-refractivity contribution in [3.63, 3.8) is 0 Å². The number of hydrogen-bond donors (Lipinski definition) is 1. The van der Waals surface area contributed by atoms with E-state index in [1.807, 2.05) is 7.05 Å². The fraction of sp³-hybridized carbons (Fsp3) is 0.750. The fourth-order valence-corrected chi connectivity index (χ4v) is 4.64. The van der Waals surface area contributed by atoms with Crippen molar-refractivity contribution >= 4 is 42.1 Å². The topological polar surface area (TPSA) is 54.5 Å². The molecule has 2 heterocycles. The summed E-state index contributed by atoms with van der Waals surface area (Å²) in [4.78, 5) is 20.8. The van der Waals surface area contributed by atoms with Gasteiger partial charge in [-0.25, -0.2) is 4.98 Å². The number of amides is 1. The summed E-state index contributed by atoms with van der Waals surface area (Å²) in [5, 5.41) is 4.35. The minimum Gasteiger partial charge on any atom is -0.368 e. The van der Waals surface area contributed by atoms with Crippen molar-refractivity contribution in [2.24, 2.45) is 0 Å². The number of thiazole rings is 1. The molecular formula is C16H27Cl2N3O2S. The molecule has 5 nitrogen and oxygen atoms in total. The SMILES string of the molecule is COC1(C(=O)N(C)Cc2nc3c(s2)CCCC3)CCNCC1.Cl.Cl. The number of piperidine rings is 1. The zero-order valence-electron chi connectivity index (χ0n) is 14.3. The van der Waals surface area contributed by atoms with E-state index >= 15 is 0 Å². The number of halogens is 2. The monoisotopic (exact) mass is 395 g/mol. The van der Waals surface area contributed by atoms with Crippen molar-refractivity contribution in [3.05, 3.63) is 15.6 Å². The Morgan fingerprint density at radius 3 is 2.58 bits per heavy atom. The van der Waals surface area contributed by atoms with Crippen LogP contribution >= 0.6 is 36.2 Å². The number of ether oxygens (including phenoxy) is 1. The van der Waals surface area contributed by atoms with Gasteiger partial charge in [0.05, 0.1) is 12.2 Å². The number of rotatable bonds is 4. The van der Waals surface area contributed by atoms with Gasteiger partial charge in [-0.1, -0.05) is 0 Å². The number of carbonyl (C=O) groups is 1. The van der Waals surface area contributed by atoms with Crippen LogP contribution in [0.1, 0.15) is 41.3 Å². The molecule has 2 aliphatic rings. The Bertz CT molecular complexity index is 524. The number of nitrogens with one attached hydrogen (secondary N) is 1. The Morgan fingerprint density at radius 2 is 1.96 bits per heavy atom. The molecule has 1 amide bonds. The second-order valence-electron chi connectivity index (χ2n) is 6.29. The molecule has 8 heteroatoms. The van der Waals surface area contributed by atoms with Crippen molar-refractivity contribution in [1.82, 2.24) is 15.2 Å². The van der Waals surface area contributed by atoms with Crippen molar-refractivity contribution in [1.29, 1.82) is 0 Å². The van der Waals surface area contributed by atoms with Crippen LogP contribution in [0.5, 0.6) is 0 Å². The summed E-state index contributed by atoms with van der Waals surface area (Å²) in [7, 11) is 3.52. The summed E-state index contributed by atoms with van der Waals surface area (Å²) in [5.74, 6) is 0.0877. The van der Waals surface area contributed by atoms with Gasteiger partial charge in [0.15, 0.2) is 0 Å². The second-order valence-corrected chi connectivity index (χ2v) is 7.46. The number of fused-ring (bicyclic) bond motifs is 1. The molecule has 1 aliphatic carbocycles. The highest BCUT2D eigenvalue weighted by atomic mass is 35.5. The van der Waals surface area contributed by atoms with E-state index in [0.29, 0.717) is 6.54 Å². The second kappa shape index (κ2) is 9.34. The zero-order chi connectivity index (χ0) is 15.6. The molecule has 0 unspecified atom stereocenters. The predicted octanol–water partition coefficient (Wildman–Crippen LogP) is 2.59.